The first-order valence-corrected chi connectivity index (χ1v) is 12.0. The molecule has 0 bridgehead atoms. The number of pyridine rings is 1. The van der Waals surface area contributed by atoms with Gasteiger partial charge in [-0.3, -0.25) is 9.59 Å². The molecule has 4 atom stereocenters. The zero-order valence-electron chi connectivity index (χ0n) is 20.1. The minimum absolute atomic E-state index is 0.126. The number of aromatic nitrogens is 3. The fourth-order valence-electron chi connectivity index (χ4n) is 5.72. The van der Waals surface area contributed by atoms with Gasteiger partial charge in [-0.2, -0.15) is 5.10 Å². The van der Waals surface area contributed by atoms with Gasteiger partial charge in [0, 0.05) is 56.1 Å². The van der Waals surface area contributed by atoms with Gasteiger partial charge in [-0.25, -0.2) is 13.9 Å². The summed E-state index contributed by atoms with van der Waals surface area (Å²) >= 11 is 0. The molecule has 184 valence electrons. The number of amides is 2. The molecule has 0 aromatic carbocycles. The zero-order valence-corrected chi connectivity index (χ0v) is 20.1. The number of nitrogens with zero attached hydrogens (tertiary/aromatic N) is 4. The molecule has 1 saturated heterocycles. The van der Waals surface area contributed by atoms with Crippen LogP contribution in [0.25, 0.3) is 16.6 Å². The predicted molar refractivity (Wildman–Crippen MR) is 131 cm³/mol. The van der Waals surface area contributed by atoms with Gasteiger partial charge in [0.25, 0.3) is 5.91 Å². The number of carbonyl (C=O) groups is 2. The number of hydrogen-bond donors (Lipinski definition) is 3. The fourth-order valence-corrected chi connectivity index (χ4v) is 5.72. The highest BCUT2D eigenvalue weighted by molar-refractivity contribution is 6.02. The van der Waals surface area contributed by atoms with Crippen LogP contribution in [0.5, 0.6) is 0 Å². The van der Waals surface area contributed by atoms with E-state index in [4.69, 9.17) is 5.73 Å². The van der Waals surface area contributed by atoms with Crippen LogP contribution in [-0.2, 0) is 4.79 Å². The van der Waals surface area contributed by atoms with E-state index in [9.17, 15) is 14.0 Å². The number of likely N-dealkylation sites (tertiary alicyclic amines) is 1. The van der Waals surface area contributed by atoms with Crippen molar-refractivity contribution in [3.05, 3.63) is 42.1 Å². The van der Waals surface area contributed by atoms with Crippen molar-refractivity contribution >= 4 is 28.8 Å². The van der Waals surface area contributed by atoms with Gasteiger partial charge in [0.15, 0.2) is 11.6 Å². The van der Waals surface area contributed by atoms with Crippen LogP contribution < -0.4 is 16.4 Å². The maximum atomic E-state index is 14.3. The molecule has 0 unspecified atom stereocenters. The molecular weight excluding hydrogens is 449 g/mol. The summed E-state index contributed by atoms with van der Waals surface area (Å²) in [4.78, 5) is 30.6. The van der Waals surface area contributed by atoms with E-state index in [2.05, 4.69) is 27.6 Å². The topological polar surface area (TPSA) is 118 Å². The smallest absolute Gasteiger partial charge is 0.252 e. The summed E-state index contributed by atoms with van der Waals surface area (Å²) in [6, 6.07) is 3.40. The molecule has 1 saturated carbocycles. The molecule has 1 aliphatic carbocycles. The highest BCUT2D eigenvalue weighted by Gasteiger charge is 2.47. The third-order valence-electron chi connectivity index (χ3n) is 7.66. The molecule has 35 heavy (non-hydrogen) atoms. The third-order valence-corrected chi connectivity index (χ3v) is 7.66. The summed E-state index contributed by atoms with van der Waals surface area (Å²) in [5.74, 6) is 0.514. The van der Waals surface area contributed by atoms with Crippen LogP contribution >= 0.6 is 0 Å². The van der Waals surface area contributed by atoms with Crippen LogP contribution in [-0.4, -0.2) is 57.5 Å². The Kier molecular flexibility index (Phi) is 5.82. The molecule has 2 fully saturated rings. The number of hydrogen-bond acceptors (Lipinski definition) is 6. The molecule has 5 rings (SSSR count). The van der Waals surface area contributed by atoms with Crippen molar-refractivity contribution in [2.75, 3.05) is 30.8 Å². The number of nitrogens with one attached hydrogen (secondary N) is 2. The van der Waals surface area contributed by atoms with Crippen LogP contribution in [0.15, 0.2) is 30.7 Å². The normalized spacial score (nSPS) is 23.5. The second kappa shape index (κ2) is 8.83. The predicted octanol–water partition coefficient (Wildman–Crippen LogP) is 2.98. The summed E-state index contributed by atoms with van der Waals surface area (Å²) in [6.07, 6.45) is 6.27. The first-order chi connectivity index (χ1) is 16.8. The maximum absolute atomic E-state index is 14.3. The van der Waals surface area contributed by atoms with Crippen LogP contribution in [0.4, 0.5) is 15.9 Å². The average molecular weight is 480 g/mol. The van der Waals surface area contributed by atoms with E-state index in [1.165, 1.54) is 12.3 Å². The second-order valence-corrected chi connectivity index (χ2v) is 9.58. The number of carbonyl (C=O) groups excluding carboxylic acids is 2. The van der Waals surface area contributed by atoms with E-state index in [0.717, 1.165) is 25.1 Å². The van der Waals surface area contributed by atoms with Crippen molar-refractivity contribution in [1.29, 1.82) is 0 Å². The zero-order chi connectivity index (χ0) is 24.9. The Morgan fingerprint density at radius 3 is 2.69 bits per heavy atom. The van der Waals surface area contributed by atoms with Crippen LogP contribution in [0.1, 0.15) is 37.0 Å². The van der Waals surface area contributed by atoms with Crippen molar-refractivity contribution in [2.45, 2.75) is 32.7 Å². The van der Waals surface area contributed by atoms with E-state index in [1.54, 1.807) is 24.0 Å². The highest BCUT2D eigenvalue weighted by atomic mass is 19.1. The number of primary amides is 1. The van der Waals surface area contributed by atoms with Crippen LogP contribution in [0.3, 0.4) is 0 Å². The van der Waals surface area contributed by atoms with Gasteiger partial charge in [0.2, 0.25) is 5.91 Å². The van der Waals surface area contributed by atoms with Crippen molar-refractivity contribution < 1.29 is 14.0 Å². The minimum Gasteiger partial charge on any atom is -0.380 e. The Morgan fingerprint density at radius 1 is 1.23 bits per heavy atom. The SMILES string of the molecule is CCC(=O)N1C[C@H]2C[C@@H](Nc3c(C(N)=O)cnn4cc(-c5cnc(NC)c(F)c5)cc34)[C@H](C)[C@H]2C1. The molecule has 1 aliphatic heterocycles. The Bertz CT molecular complexity index is 1310. The first-order valence-electron chi connectivity index (χ1n) is 12.0. The molecule has 2 amide bonds. The molecule has 3 aromatic rings. The van der Waals surface area contributed by atoms with Crippen molar-refractivity contribution in [3.8, 4) is 11.1 Å². The number of rotatable bonds is 6. The summed E-state index contributed by atoms with van der Waals surface area (Å²) in [5.41, 5.74) is 8.64. The quantitative estimate of drug-likeness (QED) is 0.500. The molecule has 10 heteroatoms. The highest BCUT2D eigenvalue weighted by Crippen LogP contribution is 2.44. The Morgan fingerprint density at radius 2 is 2.03 bits per heavy atom. The molecular formula is C25H30FN7O2. The van der Waals surface area contributed by atoms with Gasteiger partial charge in [0.05, 0.1) is 23.0 Å². The molecule has 4 heterocycles. The minimum atomic E-state index is -0.568. The van der Waals surface area contributed by atoms with E-state index < -0.39 is 11.7 Å². The van der Waals surface area contributed by atoms with E-state index >= 15 is 0 Å². The lowest BCUT2D eigenvalue weighted by molar-refractivity contribution is -0.130. The number of fused-ring (bicyclic) bond motifs is 2. The van der Waals surface area contributed by atoms with Gasteiger partial charge in [-0.15, -0.1) is 0 Å². The van der Waals surface area contributed by atoms with Gasteiger partial charge < -0.3 is 21.3 Å². The second-order valence-electron chi connectivity index (χ2n) is 9.58. The Hall–Kier alpha value is -3.69. The van der Waals surface area contributed by atoms with E-state index in [0.29, 0.717) is 46.5 Å². The first kappa shape index (κ1) is 23.1. The lowest BCUT2D eigenvalue weighted by Crippen LogP contribution is -2.33. The van der Waals surface area contributed by atoms with Crippen LogP contribution in [0, 0.1) is 23.6 Å². The van der Waals surface area contributed by atoms with Gasteiger partial charge in [-0.05, 0) is 36.3 Å². The Labute approximate surface area is 202 Å². The molecule has 2 aliphatic rings. The van der Waals surface area contributed by atoms with Crippen molar-refractivity contribution in [1.82, 2.24) is 19.5 Å². The van der Waals surface area contributed by atoms with E-state index in [-0.39, 0.29) is 17.8 Å². The lowest BCUT2D eigenvalue weighted by Gasteiger charge is -2.25. The molecule has 9 nitrogen and oxygen atoms in total. The Balaban J connectivity index is 1.47. The lowest BCUT2D eigenvalue weighted by atomic mass is 9.93. The monoisotopic (exact) mass is 479 g/mol. The summed E-state index contributed by atoms with van der Waals surface area (Å²) < 4.78 is 16.0. The van der Waals surface area contributed by atoms with Gasteiger partial charge in [0.1, 0.15) is 0 Å². The van der Waals surface area contributed by atoms with Gasteiger partial charge >= 0.3 is 0 Å². The summed E-state index contributed by atoms with van der Waals surface area (Å²) in [5, 5.41) is 10.7. The molecule has 0 spiro atoms. The molecule has 3 aromatic heterocycles. The van der Waals surface area contributed by atoms with Crippen LogP contribution in [0.2, 0.25) is 0 Å². The fraction of sp³-hybridized carbons (Fsp3) is 0.440. The van der Waals surface area contributed by atoms with Gasteiger partial charge in [-0.1, -0.05) is 13.8 Å². The largest absolute Gasteiger partial charge is 0.380 e. The van der Waals surface area contributed by atoms with Crippen molar-refractivity contribution in [3.63, 3.8) is 0 Å². The number of halogens is 1. The standard InChI is InChI=1S/C25H30FN7O2/c1-4-22(34)32-10-16-6-20(13(2)18(16)12-32)31-23-17(24(27)35)9-30-33-11-15(7-21(23)33)14-5-19(26)25(28-3)29-8-14/h5,7-9,11,13,16,18,20,31H,4,6,10,12H2,1-3H3,(H2,27,35)(H,28,29)/t13-,16-,18-,20-/m1/s1. The molecule has 4 N–H and O–H groups in total. The summed E-state index contributed by atoms with van der Waals surface area (Å²) in [7, 11) is 1.61. The van der Waals surface area contributed by atoms with Crippen molar-refractivity contribution in [2.24, 2.45) is 23.5 Å². The molecule has 0 radical (unpaired) electrons. The summed E-state index contributed by atoms with van der Waals surface area (Å²) in [6.45, 7) is 5.66. The van der Waals surface area contributed by atoms with E-state index in [1.807, 2.05) is 17.9 Å². The average Bonchev–Trinajstić information content (AvgIpc) is 3.53. The number of nitrogens with two attached hydrogens (primary N) is 1. The third kappa shape index (κ3) is 3.96. The maximum Gasteiger partial charge on any atom is 0.252 e. The number of anilines is 2.